The molecule has 0 bridgehead atoms. The molecule has 2 aromatic rings. The lowest BCUT2D eigenvalue weighted by Gasteiger charge is -2.12. The fraction of sp³-hybridized carbons (Fsp3) is 0.250. The van der Waals surface area contributed by atoms with Crippen LogP contribution in [0.4, 0.5) is 5.69 Å². The Labute approximate surface area is 122 Å². The summed E-state index contributed by atoms with van der Waals surface area (Å²) < 4.78 is 2.09. The van der Waals surface area contributed by atoms with Crippen LogP contribution >= 0.6 is 24.4 Å². The lowest BCUT2D eigenvalue weighted by molar-refractivity contribution is 0.900. The van der Waals surface area contributed by atoms with Gasteiger partial charge in [0, 0.05) is 5.69 Å². The van der Waals surface area contributed by atoms with Crippen molar-refractivity contribution in [3.05, 3.63) is 39.9 Å². The molecular formula is C12H15N5S2. The van der Waals surface area contributed by atoms with Gasteiger partial charge in [0.25, 0.3) is 0 Å². The van der Waals surface area contributed by atoms with E-state index in [0.29, 0.717) is 15.7 Å². The van der Waals surface area contributed by atoms with Crippen molar-refractivity contribution in [1.29, 1.82) is 0 Å². The van der Waals surface area contributed by atoms with Crippen LogP contribution in [-0.4, -0.2) is 20.0 Å². The second-order valence-electron chi connectivity index (χ2n) is 4.28. The largest absolute Gasteiger partial charge is 0.331 e. The van der Waals surface area contributed by atoms with Gasteiger partial charge in [-0.15, -0.1) is 0 Å². The second kappa shape index (κ2) is 5.50. The van der Waals surface area contributed by atoms with E-state index in [0.717, 1.165) is 5.69 Å². The highest BCUT2D eigenvalue weighted by atomic mass is 32.1. The van der Waals surface area contributed by atoms with E-state index in [1.165, 1.54) is 11.1 Å². The molecule has 0 unspecified atom stereocenters. The molecule has 1 aromatic heterocycles. The first-order chi connectivity index (χ1) is 8.97. The van der Waals surface area contributed by atoms with Gasteiger partial charge < -0.3 is 5.32 Å². The molecule has 0 radical (unpaired) electrons. The standard InChI is InChI=1S/C12H15N5S2/c1-7-4-5-10(6-8(7)2)13-11(18)16-17-9(3)14-15-12(17)19/h4-6H,1-3H3,(H,15,19)(H2,13,16,18). The fourth-order valence-corrected chi connectivity index (χ4v) is 2.02. The molecule has 0 fully saturated rings. The van der Waals surface area contributed by atoms with E-state index in [1.54, 1.807) is 4.68 Å². The third kappa shape index (κ3) is 3.18. The van der Waals surface area contributed by atoms with Crippen molar-refractivity contribution in [3.8, 4) is 0 Å². The molecule has 0 aliphatic carbocycles. The summed E-state index contributed by atoms with van der Waals surface area (Å²) >= 11 is 10.3. The molecule has 0 amide bonds. The average molecular weight is 293 g/mol. The number of hydrogen-bond donors (Lipinski definition) is 3. The Kier molecular flexibility index (Phi) is 3.96. The van der Waals surface area contributed by atoms with Crippen LogP contribution in [0.15, 0.2) is 18.2 Å². The second-order valence-corrected chi connectivity index (χ2v) is 5.07. The van der Waals surface area contributed by atoms with E-state index in [4.69, 9.17) is 24.4 Å². The third-order valence-corrected chi connectivity index (χ3v) is 3.29. The zero-order valence-corrected chi connectivity index (χ0v) is 12.6. The molecule has 0 atom stereocenters. The quantitative estimate of drug-likeness (QED) is 0.743. The van der Waals surface area contributed by atoms with Crippen molar-refractivity contribution in [2.45, 2.75) is 20.8 Å². The van der Waals surface area contributed by atoms with Gasteiger partial charge >= 0.3 is 0 Å². The van der Waals surface area contributed by atoms with Gasteiger partial charge in [0.15, 0.2) is 5.11 Å². The van der Waals surface area contributed by atoms with Crippen LogP contribution in [0.5, 0.6) is 0 Å². The molecule has 5 nitrogen and oxygen atoms in total. The average Bonchev–Trinajstić information content (AvgIpc) is 2.66. The van der Waals surface area contributed by atoms with E-state index in [9.17, 15) is 0 Å². The number of H-pyrrole nitrogens is 1. The smallest absolute Gasteiger partial charge is 0.214 e. The number of hydrogen-bond acceptors (Lipinski definition) is 3. The third-order valence-electron chi connectivity index (χ3n) is 2.82. The minimum absolute atomic E-state index is 0.462. The van der Waals surface area contributed by atoms with Crippen LogP contribution in [0, 0.1) is 25.5 Å². The molecule has 1 aromatic carbocycles. The Balaban J connectivity index is 2.09. The topological polar surface area (TPSA) is 57.7 Å². The molecular weight excluding hydrogens is 278 g/mol. The SMILES string of the molecule is Cc1ccc(NC(=S)Nn2c(C)n[nH]c2=S)cc1C. The monoisotopic (exact) mass is 293 g/mol. The van der Waals surface area contributed by atoms with E-state index in [2.05, 4.69) is 40.9 Å². The summed E-state index contributed by atoms with van der Waals surface area (Å²) in [6.45, 7) is 5.97. The van der Waals surface area contributed by atoms with E-state index < -0.39 is 0 Å². The number of benzene rings is 1. The summed E-state index contributed by atoms with van der Waals surface area (Å²) in [6, 6.07) is 6.08. The zero-order valence-electron chi connectivity index (χ0n) is 10.9. The van der Waals surface area contributed by atoms with Gasteiger partial charge in [-0.3, -0.25) is 10.5 Å². The van der Waals surface area contributed by atoms with Crippen LogP contribution in [-0.2, 0) is 0 Å². The molecule has 2 rings (SSSR count). The van der Waals surface area contributed by atoms with Gasteiger partial charge in [-0.1, -0.05) is 6.07 Å². The number of anilines is 1. The van der Waals surface area contributed by atoms with Crippen molar-refractivity contribution in [2.75, 3.05) is 10.7 Å². The highest BCUT2D eigenvalue weighted by molar-refractivity contribution is 7.80. The highest BCUT2D eigenvalue weighted by Crippen LogP contribution is 2.14. The van der Waals surface area contributed by atoms with E-state index in [1.807, 2.05) is 19.1 Å². The number of aryl methyl sites for hydroxylation is 3. The van der Waals surface area contributed by atoms with Crippen LogP contribution in [0.3, 0.4) is 0 Å². The van der Waals surface area contributed by atoms with Gasteiger partial charge in [0.2, 0.25) is 4.77 Å². The predicted octanol–water partition coefficient (Wildman–Crippen LogP) is 2.81. The first-order valence-electron chi connectivity index (χ1n) is 5.76. The van der Waals surface area contributed by atoms with Gasteiger partial charge in [0.1, 0.15) is 5.82 Å². The van der Waals surface area contributed by atoms with Crippen molar-refractivity contribution in [3.63, 3.8) is 0 Å². The first-order valence-corrected chi connectivity index (χ1v) is 6.58. The molecule has 19 heavy (non-hydrogen) atoms. The van der Waals surface area contributed by atoms with Gasteiger partial charge in [-0.25, -0.2) is 4.68 Å². The molecule has 0 saturated carbocycles. The maximum atomic E-state index is 5.25. The zero-order chi connectivity index (χ0) is 14.0. The minimum Gasteiger partial charge on any atom is -0.331 e. The lowest BCUT2D eigenvalue weighted by atomic mass is 10.1. The number of aromatic amines is 1. The van der Waals surface area contributed by atoms with Crippen molar-refractivity contribution in [1.82, 2.24) is 14.9 Å². The molecule has 0 saturated heterocycles. The van der Waals surface area contributed by atoms with Gasteiger partial charge in [-0.05, 0) is 68.5 Å². The molecule has 1 heterocycles. The summed E-state index contributed by atoms with van der Waals surface area (Å²) in [4.78, 5) is 0. The van der Waals surface area contributed by atoms with Crippen LogP contribution in [0.1, 0.15) is 17.0 Å². The summed E-state index contributed by atoms with van der Waals surface area (Å²) in [6.07, 6.45) is 0. The maximum Gasteiger partial charge on any atom is 0.214 e. The van der Waals surface area contributed by atoms with E-state index in [-0.39, 0.29) is 0 Å². The van der Waals surface area contributed by atoms with Crippen LogP contribution in [0.25, 0.3) is 0 Å². The minimum atomic E-state index is 0.462. The van der Waals surface area contributed by atoms with Crippen molar-refractivity contribution in [2.24, 2.45) is 0 Å². The summed E-state index contributed by atoms with van der Waals surface area (Å²) in [7, 11) is 0. The molecule has 0 spiro atoms. The molecule has 3 N–H and O–H groups in total. The van der Waals surface area contributed by atoms with Gasteiger partial charge in [-0.2, -0.15) is 5.10 Å². The van der Waals surface area contributed by atoms with Crippen molar-refractivity contribution >= 4 is 35.2 Å². The highest BCUT2D eigenvalue weighted by Gasteiger charge is 2.04. The maximum absolute atomic E-state index is 5.25. The predicted molar refractivity (Wildman–Crippen MR) is 83.6 cm³/mol. The molecule has 0 aliphatic rings. The number of rotatable bonds is 2. The number of thiocarbonyl (C=S) groups is 1. The Bertz CT molecular complexity index is 671. The Morgan fingerprint density at radius 1 is 1.26 bits per heavy atom. The summed E-state index contributed by atoms with van der Waals surface area (Å²) in [5, 5.41) is 10.3. The first kappa shape index (κ1) is 13.7. The van der Waals surface area contributed by atoms with Crippen LogP contribution in [0.2, 0.25) is 0 Å². The lowest BCUT2D eigenvalue weighted by Crippen LogP contribution is -2.28. The number of nitrogens with zero attached hydrogens (tertiary/aromatic N) is 2. The summed E-state index contributed by atoms with van der Waals surface area (Å²) in [5.41, 5.74) is 6.38. The molecule has 100 valence electrons. The Morgan fingerprint density at radius 2 is 2.00 bits per heavy atom. The number of nitrogens with one attached hydrogen (secondary N) is 3. The van der Waals surface area contributed by atoms with Crippen molar-refractivity contribution < 1.29 is 0 Å². The molecule has 7 heteroatoms. The summed E-state index contributed by atoms with van der Waals surface area (Å²) in [5.74, 6) is 0.717. The Hall–Kier alpha value is -1.73. The molecule has 0 aliphatic heterocycles. The fourth-order valence-electron chi connectivity index (χ4n) is 1.59. The normalized spacial score (nSPS) is 10.3. The Morgan fingerprint density at radius 3 is 2.58 bits per heavy atom. The number of aromatic nitrogens is 3. The van der Waals surface area contributed by atoms with Gasteiger partial charge in [0.05, 0.1) is 0 Å². The van der Waals surface area contributed by atoms with E-state index >= 15 is 0 Å². The van der Waals surface area contributed by atoms with Crippen LogP contribution < -0.4 is 10.7 Å².